The van der Waals surface area contributed by atoms with Crippen molar-refractivity contribution in [1.29, 1.82) is 0 Å². The largest absolute Gasteiger partial charge is 0.233 e. The van der Waals surface area contributed by atoms with Crippen molar-refractivity contribution in [2.24, 2.45) is 0 Å². The van der Waals surface area contributed by atoms with E-state index in [0.717, 1.165) is 6.54 Å². The molecule has 4 heteroatoms. The van der Waals surface area contributed by atoms with Crippen LogP contribution in [-0.4, -0.2) is 20.2 Å². The zero-order valence-electron chi connectivity index (χ0n) is 6.90. The number of nitrogens with zero attached hydrogens (tertiary/aromatic N) is 4. The van der Waals surface area contributed by atoms with Gasteiger partial charge in [-0.1, -0.05) is 26.2 Å². The smallest absolute Gasteiger partial charge is 0.138 e. The van der Waals surface area contributed by atoms with E-state index in [4.69, 9.17) is 0 Å². The molecule has 0 aromatic carbocycles. The van der Waals surface area contributed by atoms with E-state index in [1.165, 1.54) is 25.7 Å². The standard InChI is InChI=1S/C7H14N4/c1-2-3-4-5-6-11-7-8-9-10-11/h7H,2-6H2,1H3. The molecule has 0 spiro atoms. The second-order valence-corrected chi connectivity index (χ2v) is 2.63. The number of unbranched alkanes of at least 4 members (excludes halogenated alkanes) is 3. The van der Waals surface area contributed by atoms with Gasteiger partial charge in [0, 0.05) is 6.54 Å². The number of hydrogen-bond donors (Lipinski definition) is 0. The third-order valence-corrected chi connectivity index (χ3v) is 1.63. The number of hydrogen-bond acceptors (Lipinski definition) is 3. The average Bonchev–Trinajstić information content (AvgIpc) is 2.50. The minimum Gasteiger partial charge on any atom is -0.233 e. The molecule has 1 aromatic rings. The summed E-state index contributed by atoms with van der Waals surface area (Å²) < 4.78 is 1.77. The Hall–Kier alpha value is -0.930. The summed E-state index contributed by atoms with van der Waals surface area (Å²) in [6.07, 6.45) is 6.69. The van der Waals surface area contributed by atoms with Crippen LogP contribution in [-0.2, 0) is 6.54 Å². The van der Waals surface area contributed by atoms with Crippen molar-refractivity contribution >= 4 is 0 Å². The Morgan fingerprint density at radius 3 is 2.82 bits per heavy atom. The highest BCUT2D eigenvalue weighted by Crippen LogP contribution is 1.99. The van der Waals surface area contributed by atoms with Crippen molar-refractivity contribution < 1.29 is 0 Å². The fraction of sp³-hybridized carbons (Fsp3) is 0.857. The number of rotatable bonds is 5. The highest BCUT2D eigenvalue weighted by molar-refractivity contribution is 4.47. The van der Waals surface area contributed by atoms with Gasteiger partial charge in [-0.2, -0.15) is 0 Å². The fourth-order valence-electron chi connectivity index (χ4n) is 0.983. The summed E-state index contributed by atoms with van der Waals surface area (Å²) in [5.41, 5.74) is 0. The molecular weight excluding hydrogens is 140 g/mol. The van der Waals surface area contributed by atoms with Gasteiger partial charge in [-0.15, -0.1) is 5.10 Å². The molecule has 0 aliphatic carbocycles. The van der Waals surface area contributed by atoms with Crippen LogP contribution >= 0.6 is 0 Å². The molecule has 0 bridgehead atoms. The minimum absolute atomic E-state index is 0.951. The molecular formula is C7H14N4. The Kier molecular flexibility index (Phi) is 3.58. The topological polar surface area (TPSA) is 43.6 Å². The lowest BCUT2D eigenvalue weighted by Crippen LogP contribution is -1.98. The molecule has 11 heavy (non-hydrogen) atoms. The normalized spacial score (nSPS) is 10.3. The maximum Gasteiger partial charge on any atom is 0.138 e. The zero-order chi connectivity index (χ0) is 7.94. The van der Waals surface area contributed by atoms with Crippen LogP contribution in [0.4, 0.5) is 0 Å². The first-order valence-electron chi connectivity index (χ1n) is 4.14. The molecule has 0 aliphatic rings. The molecule has 62 valence electrons. The Morgan fingerprint density at radius 1 is 1.27 bits per heavy atom. The van der Waals surface area contributed by atoms with Crippen LogP contribution in [0.5, 0.6) is 0 Å². The van der Waals surface area contributed by atoms with Gasteiger partial charge in [-0.3, -0.25) is 0 Å². The number of tetrazole rings is 1. The van der Waals surface area contributed by atoms with E-state index in [1.807, 2.05) is 0 Å². The van der Waals surface area contributed by atoms with Crippen LogP contribution in [0.3, 0.4) is 0 Å². The fourth-order valence-corrected chi connectivity index (χ4v) is 0.983. The van der Waals surface area contributed by atoms with E-state index in [9.17, 15) is 0 Å². The van der Waals surface area contributed by atoms with Crippen LogP contribution in [0.2, 0.25) is 0 Å². The average molecular weight is 154 g/mol. The molecule has 0 unspecified atom stereocenters. The second kappa shape index (κ2) is 4.82. The van der Waals surface area contributed by atoms with Gasteiger partial charge < -0.3 is 0 Å². The molecule has 0 N–H and O–H groups in total. The maximum atomic E-state index is 3.77. The van der Waals surface area contributed by atoms with E-state index in [0.29, 0.717) is 0 Å². The van der Waals surface area contributed by atoms with Crippen molar-refractivity contribution in [1.82, 2.24) is 20.2 Å². The van der Waals surface area contributed by atoms with Crippen LogP contribution < -0.4 is 0 Å². The summed E-state index contributed by atoms with van der Waals surface area (Å²) in [4.78, 5) is 0. The van der Waals surface area contributed by atoms with Crippen molar-refractivity contribution in [2.45, 2.75) is 39.2 Å². The van der Waals surface area contributed by atoms with Gasteiger partial charge in [0.1, 0.15) is 6.33 Å². The highest BCUT2D eigenvalue weighted by atomic mass is 15.5. The van der Waals surface area contributed by atoms with Gasteiger partial charge in [0.2, 0.25) is 0 Å². The Morgan fingerprint density at radius 2 is 2.18 bits per heavy atom. The van der Waals surface area contributed by atoms with E-state index in [1.54, 1.807) is 11.0 Å². The zero-order valence-corrected chi connectivity index (χ0v) is 6.90. The Balaban J connectivity index is 2.04. The molecule has 1 aromatic heterocycles. The van der Waals surface area contributed by atoms with Crippen molar-refractivity contribution in [3.05, 3.63) is 6.33 Å². The lowest BCUT2D eigenvalue weighted by Gasteiger charge is -1.97. The predicted molar refractivity (Wildman–Crippen MR) is 42.0 cm³/mol. The van der Waals surface area contributed by atoms with Crippen LogP contribution in [0, 0.1) is 0 Å². The summed E-state index contributed by atoms with van der Waals surface area (Å²) in [5, 5.41) is 10.9. The highest BCUT2D eigenvalue weighted by Gasteiger charge is 1.91. The van der Waals surface area contributed by atoms with Gasteiger partial charge in [0.25, 0.3) is 0 Å². The lowest BCUT2D eigenvalue weighted by molar-refractivity contribution is 0.527. The Bertz CT molecular complexity index is 171. The first-order valence-corrected chi connectivity index (χ1v) is 4.14. The van der Waals surface area contributed by atoms with E-state index in [-0.39, 0.29) is 0 Å². The molecule has 1 rings (SSSR count). The van der Waals surface area contributed by atoms with E-state index >= 15 is 0 Å². The van der Waals surface area contributed by atoms with Crippen molar-refractivity contribution in [2.75, 3.05) is 0 Å². The van der Waals surface area contributed by atoms with Gasteiger partial charge in [0.15, 0.2) is 0 Å². The first kappa shape index (κ1) is 8.17. The van der Waals surface area contributed by atoms with Gasteiger partial charge in [0.05, 0.1) is 0 Å². The molecule has 0 fully saturated rings. The van der Waals surface area contributed by atoms with Crippen LogP contribution in [0.15, 0.2) is 6.33 Å². The van der Waals surface area contributed by atoms with Crippen molar-refractivity contribution in [3.8, 4) is 0 Å². The summed E-state index contributed by atoms with van der Waals surface area (Å²) in [7, 11) is 0. The molecule has 0 radical (unpaired) electrons. The van der Waals surface area contributed by atoms with Crippen molar-refractivity contribution in [3.63, 3.8) is 0 Å². The molecule has 0 atom stereocenters. The molecule has 4 nitrogen and oxygen atoms in total. The number of aryl methyl sites for hydroxylation is 1. The first-order chi connectivity index (χ1) is 5.43. The maximum absolute atomic E-state index is 3.77. The molecule has 0 amide bonds. The van der Waals surface area contributed by atoms with Gasteiger partial charge >= 0.3 is 0 Å². The third-order valence-electron chi connectivity index (χ3n) is 1.63. The van der Waals surface area contributed by atoms with Gasteiger partial charge in [-0.25, -0.2) is 4.68 Å². The van der Waals surface area contributed by atoms with E-state index in [2.05, 4.69) is 22.4 Å². The number of aromatic nitrogens is 4. The summed E-state index contributed by atoms with van der Waals surface area (Å²) in [6, 6.07) is 0. The summed E-state index contributed by atoms with van der Waals surface area (Å²) in [5.74, 6) is 0. The second-order valence-electron chi connectivity index (χ2n) is 2.63. The predicted octanol–water partition coefficient (Wildman–Crippen LogP) is 1.25. The lowest BCUT2D eigenvalue weighted by atomic mass is 10.2. The minimum atomic E-state index is 0.951. The van der Waals surface area contributed by atoms with E-state index < -0.39 is 0 Å². The summed E-state index contributed by atoms with van der Waals surface area (Å²) >= 11 is 0. The van der Waals surface area contributed by atoms with Crippen LogP contribution in [0.25, 0.3) is 0 Å². The quantitative estimate of drug-likeness (QED) is 0.599. The summed E-state index contributed by atoms with van der Waals surface area (Å²) in [6.45, 7) is 3.16. The monoisotopic (exact) mass is 154 g/mol. The molecule has 0 saturated carbocycles. The molecule has 1 heterocycles. The molecule has 0 aliphatic heterocycles. The molecule has 0 saturated heterocycles. The van der Waals surface area contributed by atoms with Crippen LogP contribution in [0.1, 0.15) is 32.6 Å². The third kappa shape index (κ3) is 3.11. The SMILES string of the molecule is CCCCCCn1cnnn1. The Labute approximate surface area is 66.6 Å². The van der Waals surface area contributed by atoms with Gasteiger partial charge in [-0.05, 0) is 16.8 Å².